The number of phenolic OH excluding ortho intramolecular Hbond substituents is 1. The number of rotatable bonds is 4. The smallest absolute Gasteiger partial charge is 0.266 e. The summed E-state index contributed by atoms with van der Waals surface area (Å²) in [5.74, 6) is -0.807. The highest BCUT2D eigenvalue weighted by Crippen LogP contribution is 2.35. The Labute approximate surface area is 159 Å². The van der Waals surface area contributed by atoms with E-state index in [1.54, 1.807) is 24.3 Å². The monoisotopic (exact) mass is 396 g/mol. The average Bonchev–Trinajstić information content (AvgIpc) is 2.58. The van der Waals surface area contributed by atoms with Crippen LogP contribution in [0.1, 0.15) is 5.56 Å². The Morgan fingerprint density at radius 1 is 1.24 bits per heavy atom. The van der Waals surface area contributed by atoms with E-state index >= 15 is 0 Å². The molecular formula is C17H11Cl3N2O3. The number of aromatic hydroxyl groups is 1. The van der Waals surface area contributed by atoms with Crippen LogP contribution in [0, 0.1) is 11.3 Å². The lowest BCUT2D eigenvalue weighted by Gasteiger charge is -2.09. The number of nitrogens with zero attached hydrogens (tertiary/aromatic N) is 1. The molecule has 0 aliphatic carbocycles. The number of amides is 1. The lowest BCUT2D eigenvalue weighted by atomic mass is 10.1. The third-order valence-corrected chi connectivity index (χ3v) is 4.07. The number of nitriles is 1. The fourth-order valence-electron chi connectivity index (χ4n) is 1.95. The van der Waals surface area contributed by atoms with Gasteiger partial charge in [0, 0.05) is 0 Å². The van der Waals surface area contributed by atoms with Gasteiger partial charge in [-0.2, -0.15) is 5.26 Å². The fraction of sp³-hybridized carbons (Fsp3) is 0.0588. The van der Waals surface area contributed by atoms with Crippen molar-refractivity contribution < 1.29 is 14.6 Å². The molecule has 0 aliphatic rings. The molecule has 0 radical (unpaired) electrons. The molecular weight excluding hydrogens is 387 g/mol. The lowest BCUT2D eigenvalue weighted by molar-refractivity contribution is -0.112. The molecule has 0 aromatic heterocycles. The van der Waals surface area contributed by atoms with E-state index in [0.717, 1.165) is 0 Å². The minimum atomic E-state index is -0.694. The Hall–Kier alpha value is -2.39. The first kappa shape index (κ1) is 18.9. The zero-order valence-corrected chi connectivity index (χ0v) is 15.1. The van der Waals surface area contributed by atoms with Gasteiger partial charge in [-0.05, 0) is 35.9 Å². The van der Waals surface area contributed by atoms with E-state index in [1.807, 2.05) is 0 Å². The second-order valence-electron chi connectivity index (χ2n) is 4.77. The minimum absolute atomic E-state index is 0.0254. The molecule has 2 aromatic rings. The molecule has 5 nitrogen and oxygen atoms in total. The van der Waals surface area contributed by atoms with Gasteiger partial charge in [0.15, 0.2) is 11.5 Å². The molecule has 0 fully saturated rings. The first-order chi connectivity index (χ1) is 11.9. The van der Waals surface area contributed by atoms with E-state index in [0.29, 0.717) is 5.56 Å². The lowest BCUT2D eigenvalue weighted by Crippen LogP contribution is -2.14. The van der Waals surface area contributed by atoms with Crippen molar-refractivity contribution in [1.29, 1.82) is 5.26 Å². The van der Waals surface area contributed by atoms with Gasteiger partial charge in [-0.15, -0.1) is 0 Å². The Kier molecular flexibility index (Phi) is 6.16. The van der Waals surface area contributed by atoms with E-state index in [9.17, 15) is 15.2 Å². The van der Waals surface area contributed by atoms with Crippen molar-refractivity contribution in [3.63, 3.8) is 0 Å². The van der Waals surface area contributed by atoms with Crippen molar-refractivity contribution in [2.75, 3.05) is 12.4 Å². The fourth-order valence-corrected chi connectivity index (χ4v) is 2.66. The summed E-state index contributed by atoms with van der Waals surface area (Å²) >= 11 is 17.9. The number of carbonyl (C=O) groups is 1. The molecule has 1 amide bonds. The summed E-state index contributed by atoms with van der Waals surface area (Å²) in [6.07, 6.45) is 1.30. The normalized spacial score (nSPS) is 10.9. The predicted molar refractivity (Wildman–Crippen MR) is 98.4 cm³/mol. The van der Waals surface area contributed by atoms with Crippen LogP contribution in [0.4, 0.5) is 5.69 Å². The predicted octanol–water partition coefficient (Wildman–Crippen LogP) is 4.91. The van der Waals surface area contributed by atoms with E-state index in [-0.39, 0.29) is 37.8 Å². The molecule has 0 heterocycles. The maximum atomic E-state index is 12.3. The number of anilines is 1. The number of methoxy groups -OCH3 is 1. The first-order valence-corrected chi connectivity index (χ1v) is 7.94. The van der Waals surface area contributed by atoms with Crippen LogP contribution < -0.4 is 10.1 Å². The molecule has 0 aliphatic heterocycles. The van der Waals surface area contributed by atoms with E-state index in [2.05, 4.69) is 5.32 Å². The van der Waals surface area contributed by atoms with Crippen LogP contribution in [-0.4, -0.2) is 18.1 Å². The number of para-hydroxylation sites is 1. The molecule has 0 unspecified atom stereocenters. The van der Waals surface area contributed by atoms with Crippen molar-refractivity contribution in [3.05, 3.63) is 56.5 Å². The molecule has 128 valence electrons. The van der Waals surface area contributed by atoms with Crippen molar-refractivity contribution in [2.45, 2.75) is 0 Å². The zero-order chi connectivity index (χ0) is 18.6. The van der Waals surface area contributed by atoms with Gasteiger partial charge < -0.3 is 15.2 Å². The van der Waals surface area contributed by atoms with Crippen LogP contribution in [0.5, 0.6) is 11.5 Å². The summed E-state index contributed by atoms with van der Waals surface area (Å²) in [7, 11) is 1.36. The van der Waals surface area contributed by atoms with Gasteiger partial charge in [-0.3, -0.25) is 4.79 Å². The summed E-state index contributed by atoms with van der Waals surface area (Å²) in [6, 6.07) is 9.38. The summed E-state index contributed by atoms with van der Waals surface area (Å²) in [5, 5.41) is 22.0. The highest BCUT2D eigenvalue weighted by molar-refractivity contribution is 6.40. The molecule has 8 heteroatoms. The number of carbonyl (C=O) groups excluding carboxylic acids is 1. The summed E-state index contributed by atoms with van der Waals surface area (Å²) in [4.78, 5) is 12.3. The molecule has 25 heavy (non-hydrogen) atoms. The van der Waals surface area contributed by atoms with Gasteiger partial charge in [-0.25, -0.2) is 0 Å². The van der Waals surface area contributed by atoms with Crippen LogP contribution in [0.2, 0.25) is 15.1 Å². The first-order valence-electron chi connectivity index (χ1n) is 6.81. The number of hydrogen-bond donors (Lipinski definition) is 2. The molecule has 2 N–H and O–H groups in total. The molecule has 2 aromatic carbocycles. The maximum Gasteiger partial charge on any atom is 0.266 e. The van der Waals surface area contributed by atoms with Crippen LogP contribution in [0.25, 0.3) is 6.08 Å². The van der Waals surface area contributed by atoms with Crippen molar-refractivity contribution in [2.24, 2.45) is 0 Å². The van der Waals surface area contributed by atoms with Gasteiger partial charge in [0.25, 0.3) is 5.91 Å². The molecule has 2 rings (SSSR count). The summed E-state index contributed by atoms with van der Waals surface area (Å²) in [6.45, 7) is 0. The van der Waals surface area contributed by atoms with Crippen molar-refractivity contribution in [3.8, 4) is 17.6 Å². The third kappa shape index (κ3) is 4.37. The van der Waals surface area contributed by atoms with E-state index in [4.69, 9.17) is 39.5 Å². The van der Waals surface area contributed by atoms with Crippen molar-refractivity contribution in [1.82, 2.24) is 0 Å². The number of halogens is 3. The number of nitrogens with one attached hydrogen (secondary N) is 1. The molecule has 0 spiro atoms. The van der Waals surface area contributed by atoms with Gasteiger partial charge in [0.1, 0.15) is 11.6 Å². The molecule has 0 bridgehead atoms. The topological polar surface area (TPSA) is 82.3 Å². The number of ether oxygens (including phenoxy) is 1. The van der Waals surface area contributed by atoms with E-state index in [1.165, 1.54) is 25.3 Å². The minimum Gasteiger partial charge on any atom is -0.503 e. The number of hydrogen-bond acceptors (Lipinski definition) is 4. The van der Waals surface area contributed by atoms with Crippen LogP contribution in [-0.2, 0) is 4.79 Å². The largest absolute Gasteiger partial charge is 0.503 e. The molecule has 0 saturated heterocycles. The van der Waals surface area contributed by atoms with Gasteiger partial charge in [0.2, 0.25) is 0 Å². The second-order valence-corrected chi connectivity index (χ2v) is 6.00. The second kappa shape index (κ2) is 8.13. The highest BCUT2D eigenvalue weighted by atomic mass is 35.5. The van der Waals surface area contributed by atoms with Crippen LogP contribution in [0.3, 0.4) is 0 Å². The Morgan fingerprint density at radius 2 is 1.88 bits per heavy atom. The van der Waals surface area contributed by atoms with Crippen LogP contribution >= 0.6 is 34.8 Å². The van der Waals surface area contributed by atoms with Gasteiger partial charge >= 0.3 is 0 Å². The SMILES string of the molecule is COc1cc(/C=C(\C#N)C(=O)Nc2c(Cl)cccc2Cl)cc(Cl)c1O. The number of phenols is 1. The quantitative estimate of drug-likeness (QED) is 0.567. The number of benzene rings is 2. The van der Waals surface area contributed by atoms with Crippen LogP contribution in [0.15, 0.2) is 35.9 Å². The summed E-state index contributed by atoms with van der Waals surface area (Å²) < 4.78 is 4.99. The Balaban J connectivity index is 2.36. The Morgan fingerprint density at radius 3 is 2.44 bits per heavy atom. The average molecular weight is 398 g/mol. The van der Waals surface area contributed by atoms with Gasteiger partial charge in [0.05, 0.1) is 27.9 Å². The maximum absolute atomic E-state index is 12.3. The molecule has 0 saturated carbocycles. The highest BCUT2D eigenvalue weighted by Gasteiger charge is 2.15. The third-order valence-electron chi connectivity index (χ3n) is 3.15. The van der Waals surface area contributed by atoms with Crippen molar-refractivity contribution >= 4 is 52.5 Å². The van der Waals surface area contributed by atoms with E-state index < -0.39 is 5.91 Å². The zero-order valence-electron chi connectivity index (χ0n) is 12.8. The molecule has 0 atom stereocenters. The standard InChI is InChI=1S/C17H11Cl3N2O3/c1-25-14-7-9(6-13(20)16(14)23)5-10(8-21)17(24)22-15-11(18)3-2-4-12(15)19/h2-7,23H,1H3,(H,22,24)/b10-5+. The summed E-state index contributed by atoms with van der Waals surface area (Å²) in [5.41, 5.74) is 0.398. The van der Waals surface area contributed by atoms with Gasteiger partial charge in [-0.1, -0.05) is 40.9 Å². The Bertz CT molecular complexity index is 884.